The second kappa shape index (κ2) is 5.44. The second-order valence-electron chi connectivity index (χ2n) is 5.25. The Morgan fingerprint density at radius 2 is 1.62 bits per heavy atom. The molecule has 0 spiro atoms. The normalized spacial score (nSPS) is 24.8. The van der Waals surface area contributed by atoms with Crippen molar-refractivity contribution in [1.82, 2.24) is 0 Å². The first-order valence-corrected chi connectivity index (χ1v) is 8.63. The zero-order valence-electron chi connectivity index (χ0n) is 11.2. The highest BCUT2D eigenvalue weighted by molar-refractivity contribution is 7.92. The number of hydrogen-bond donors (Lipinski definition) is 1. The average Bonchev–Trinajstić information content (AvgIpc) is 3.24. The van der Waals surface area contributed by atoms with E-state index < -0.39 is 15.1 Å². The number of benzene rings is 2. The van der Waals surface area contributed by atoms with Gasteiger partial charge in [0, 0.05) is 23.5 Å². The third-order valence-electron chi connectivity index (χ3n) is 3.99. The predicted molar refractivity (Wildman–Crippen MR) is 82.2 cm³/mol. The molecule has 0 heterocycles. The molecular weight excluding hydrogens is 308 g/mol. The molecule has 110 valence electrons. The van der Waals surface area contributed by atoms with Gasteiger partial charge >= 0.3 is 0 Å². The molecule has 1 saturated carbocycles. The maximum Gasteiger partial charge on any atom is 0.182 e. The summed E-state index contributed by atoms with van der Waals surface area (Å²) < 4.78 is 25.4. The van der Waals surface area contributed by atoms with Crippen molar-refractivity contribution in [2.75, 3.05) is 6.61 Å². The van der Waals surface area contributed by atoms with Crippen molar-refractivity contribution in [2.24, 2.45) is 5.92 Å². The first kappa shape index (κ1) is 14.6. The molecule has 0 radical (unpaired) electrons. The first-order valence-electron chi connectivity index (χ1n) is 6.71. The van der Waals surface area contributed by atoms with Gasteiger partial charge in [0.1, 0.15) is 0 Å². The highest BCUT2D eigenvalue weighted by Gasteiger charge is 2.58. The fraction of sp³-hybridized carbons (Fsp3) is 0.250. The highest BCUT2D eigenvalue weighted by atomic mass is 35.5. The van der Waals surface area contributed by atoms with Gasteiger partial charge in [-0.1, -0.05) is 41.9 Å². The number of hydrogen-bond acceptors (Lipinski definition) is 3. The van der Waals surface area contributed by atoms with Gasteiger partial charge in [-0.05, 0) is 29.8 Å². The minimum Gasteiger partial charge on any atom is -0.396 e. The van der Waals surface area contributed by atoms with Gasteiger partial charge in [0.05, 0.1) is 10.1 Å². The van der Waals surface area contributed by atoms with E-state index in [0.717, 1.165) is 5.56 Å². The molecule has 2 aromatic rings. The molecular formula is C16H15ClO3S. The van der Waals surface area contributed by atoms with Crippen LogP contribution in [0.2, 0.25) is 5.02 Å². The van der Waals surface area contributed by atoms with Crippen LogP contribution in [0.25, 0.3) is 0 Å². The minimum absolute atomic E-state index is 0.135. The molecule has 1 aliphatic carbocycles. The molecule has 3 nitrogen and oxygen atoms in total. The third-order valence-corrected chi connectivity index (χ3v) is 6.53. The topological polar surface area (TPSA) is 54.4 Å². The number of halogens is 1. The molecule has 21 heavy (non-hydrogen) atoms. The van der Waals surface area contributed by atoms with E-state index in [2.05, 4.69) is 0 Å². The molecule has 2 aromatic carbocycles. The monoisotopic (exact) mass is 322 g/mol. The fourth-order valence-electron chi connectivity index (χ4n) is 2.87. The first-order chi connectivity index (χ1) is 10.1. The van der Waals surface area contributed by atoms with Crippen LogP contribution in [0.1, 0.15) is 11.5 Å². The van der Waals surface area contributed by atoms with Crippen molar-refractivity contribution in [3.8, 4) is 0 Å². The summed E-state index contributed by atoms with van der Waals surface area (Å²) >= 11 is 5.86. The summed E-state index contributed by atoms with van der Waals surface area (Å²) in [5.41, 5.74) is 0.906. The zero-order chi connectivity index (χ0) is 15.0. The lowest BCUT2D eigenvalue weighted by molar-refractivity contribution is 0.274. The van der Waals surface area contributed by atoms with E-state index in [-0.39, 0.29) is 18.4 Å². The van der Waals surface area contributed by atoms with E-state index in [0.29, 0.717) is 9.92 Å². The summed E-state index contributed by atoms with van der Waals surface area (Å²) in [6.07, 6.45) is 0. The summed E-state index contributed by atoms with van der Waals surface area (Å²) in [5, 5.41) is 9.53. The van der Waals surface area contributed by atoms with Crippen molar-refractivity contribution in [3.05, 3.63) is 65.2 Å². The van der Waals surface area contributed by atoms with Gasteiger partial charge in [0.25, 0.3) is 0 Å². The maximum absolute atomic E-state index is 12.7. The molecule has 0 saturated heterocycles. The Labute approximate surface area is 129 Å². The Hall–Kier alpha value is -1.36. The smallest absolute Gasteiger partial charge is 0.182 e. The Morgan fingerprint density at radius 3 is 2.19 bits per heavy atom. The molecule has 0 amide bonds. The Morgan fingerprint density at radius 1 is 1.00 bits per heavy atom. The summed E-state index contributed by atoms with van der Waals surface area (Å²) in [6.45, 7) is -0.135. The number of rotatable bonds is 4. The van der Waals surface area contributed by atoms with Crippen LogP contribution in [0.4, 0.5) is 0 Å². The molecule has 1 N–H and O–H groups in total. The molecule has 3 rings (SSSR count). The van der Waals surface area contributed by atoms with E-state index >= 15 is 0 Å². The number of aliphatic hydroxyl groups is 1. The van der Waals surface area contributed by atoms with Gasteiger partial charge in [-0.3, -0.25) is 0 Å². The van der Waals surface area contributed by atoms with Crippen LogP contribution in [0.3, 0.4) is 0 Å². The standard InChI is InChI=1S/C16H15ClO3S/c17-12-8-6-11(7-9-12)15-14(10-18)16(15)21(19,20)13-4-2-1-3-5-13/h1-9,14-16,18H,10H2/t14-,15-,16-/m0/s1. The lowest BCUT2D eigenvalue weighted by atomic mass is 10.1. The van der Waals surface area contributed by atoms with Gasteiger partial charge in [-0.15, -0.1) is 0 Å². The summed E-state index contributed by atoms with van der Waals surface area (Å²) in [6, 6.07) is 15.5. The van der Waals surface area contributed by atoms with Gasteiger partial charge in [-0.25, -0.2) is 8.42 Å². The number of sulfone groups is 1. The molecule has 3 atom stereocenters. The lowest BCUT2D eigenvalue weighted by Crippen LogP contribution is -2.11. The Balaban J connectivity index is 1.94. The van der Waals surface area contributed by atoms with E-state index in [1.54, 1.807) is 42.5 Å². The average molecular weight is 323 g/mol. The van der Waals surface area contributed by atoms with Gasteiger partial charge in [0.2, 0.25) is 0 Å². The van der Waals surface area contributed by atoms with Crippen molar-refractivity contribution in [2.45, 2.75) is 16.1 Å². The fourth-order valence-corrected chi connectivity index (χ4v) is 5.22. The van der Waals surface area contributed by atoms with Crippen LogP contribution in [0, 0.1) is 5.92 Å². The van der Waals surface area contributed by atoms with Crippen molar-refractivity contribution in [3.63, 3.8) is 0 Å². The van der Waals surface area contributed by atoms with Gasteiger partial charge in [-0.2, -0.15) is 0 Å². The molecule has 1 fully saturated rings. The summed E-state index contributed by atoms with van der Waals surface area (Å²) in [5.74, 6) is -0.422. The molecule has 1 aliphatic rings. The van der Waals surface area contributed by atoms with Crippen molar-refractivity contribution in [1.29, 1.82) is 0 Å². The lowest BCUT2D eigenvalue weighted by Gasteiger charge is -2.04. The molecule has 0 bridgehead atoms. The Bertz CT molecular complexity index is 726. The molecule has 0 aliphatic heterocycles. The summed E-state index contributed by atoms with van der Waals surface area (Å²) in [7, 11) is -3.43. The van der Waals surface area contributed by atoms with Crippen molar-refractivity contribution < 1.29 is 13.5 Å². The molecule has 0 unspecified atom stereocenters. The molecule has 0 aromatic heterocycles. The summed E-state index contributed by atoms with van der Waals surface area (Å²) in [4.78, 5) is 0.310. The third kappa shape index (κ3) is 2.59. The highest BCUT2D eigenvalue weighted by Crippen LogP contribution is 2.53. The van der Waals surface area contributed by atoms with E-state index in [4.69, 9.17) is 11.6 Å². The second-order valence-corrected chi connectivity index (χ2v) is 7.79. The number of aliphatic hydroxyl groups excluding tert-OH is 1. The van der Waals surface area contributed by atoms with Crippen LogP contribution in [-0.2, 0) is 9.84 Å². The van der Waals surface area contributed by atoms with Gasteiger partial charge in [0.15, 0.2) is 9.84 Å². The zero-order valence-corrected chi connectivity index (χ0v) is 12.8. The van der Waals surface area contributed by atoms with E-state index in [9.17, 15) is 13.5 Å². The molecule has 5 heteroatoms. The Kier molecular flexibility index (Phi) is 3.78. The predicted octanol–water partition coefficient (Wildman–Crippen LogP) is 2.89. The van der Waals surface area contributed by atoms with E-state index in [1.165, 1.54) is 0 Å². The quantitative estimate of drug-likeness (QED) is 0.941. The largest absolute Gasteiger partial charge is 0.396 e. The van der Waals surface area contributed by atoms with E-state index in [1.807, 2.05) is 12.1 Å². The van der Waals surface area contributed by atoms with Crippen LogP contribution in [-0.4, -0.2) is 25.4 Å². The van der Waals surface area contributed by atoms with Crippen LogP contribution >= 0.6 is 11.6 Å². The minimum atomic E-state index is -3.43. The van der Waals surface area contributed by atoms with Crippen LogP contribution in [0.5, 0.6) is 0 Å². The van der Waals surface area contributed by atoms with Crippen molar-refractivity contribution >= 4 is 21.4 Å². The SMILES string of the molecule is O=S(=O)(c1ccccc1)[C@H]1[C@@H](CO)[C@@H]1c1ccc(Cl)cc1. The van der Waals surface area contributed by atoms with Crippen LogP contribution < -0.4 is 0 Å². The maximum atomic E-state index is 12.7. The van der Waals surface area contributed by atoms with Gasteiger partial charge < -0.3 is 5.11 Å². The van der Waals surface area contributed by atoms with Crippen LogP contribution in [0.15, 0.2) is 59.5 Å².